The van der Waals surface area contributed by atoms with Gasteiger partial charge in [-0.2, -0.15) is 0 Å². The lowest BCUT2D eigenvalue weighted by Crippen LogP contribution is -2.21. The Morgan fingerprint density at radius 2 is 2.00 bits per heavy atom. The van der Waals surface area contributed by atoms with E-state index in [2.05, 4.69) is 9.97 Å². The average molecular weight is 275 g/mol. The van der Waals surface area contributed by atoms with Crippen molar-refractivity contribution in [3.8, 4) is 5.69 Å². The number of aromatic nitrogens is 4. The SMILES string of the molecule is Cc1ccc2c(n1)n(-c1ccc(Cl)nc1)c(=O)n2C. The summed E-state index contributed by atoms with van der Waals surface area (Å²) in [5, 5.41) is 0.390. The van der Waals surface area contributed by atoms with Crippen molar-refractivity contribution < 1.29 is 0 Å². The van der Waals surface area contributed by atoms with E-state index in [1.54, 1.807) is 29.9 Å². The Balaban J connectivity index is 2.40. The van der Waals surface area contributed by atoms with Crippen molar-refractivity contribution in [3.63, 3.8) is 0 Å². The van der Waals surface area contributed by atoms with Crippen molar-refractivity contribution in [1.82, 2.24) is 19.1 Å². The standard InChI is InChI=1S/C13H11ClN4O/c1-8-3-5-10-12(16-8)18(13(19)17(10)2)9-4-6-11(14)15-7-9/h3-7H,1-2H3. The van der Waals surface area contributed by atoms with E-state index < -0.39 is 0 Å². The molecule has 0 saturated carbocycles. The van der Waals surface area contributed by atoms with Gasteiger partial charge in [-0.1, -0.05) is 11.6 Å². The summed E-state index contributed by atoms with van der Waals surface area (Å²) in [7, 11) is 1.72. The van der Waals surface area contributed by atoms with Crippen LogP contribution in [0.3, 0.4) is 0 Å². The van der Waals surface area contributed by atoms with Crippen molar-refractivity contribution in [2.75, 3.05) is 0 Å². The fraction of sp³-hybridized carbons (Fsp3) is 0.154. The minimum absolute atomic E-state index is 0.155. The zero-order valence-corrected chi connectivity index (χ0v) is 11.2. The summed E-state index contributed by atoms with van der Waals surface area (Å²) >= 11 is 5.77. The highest BCUT2D eigenvalue weighted by atomic mass is 35.5. The fourth-order valence-corrected chi connectivity index (χ4v) is 2.15. The predicted molar refractivity (Wildman–Crippen MR) is 73.9 cm³/mol. The van der Waals surface area contributed by atoms with Gasteiger partial charge in [0.2, 0.25) is 0 Å². The Labute approximate surface area is 114 Å². The number of fused-ring (bicyclic) bond motifs is 1. The molecule has 0 unspecified atom stereocenters. The van der Waals surface area contributed by atoms with Crippen LogP contribution in [0.1, 0.15) is 5.69 Å². The van der Waals surface area contributed by atoms with Crippen LogP contribution in [0.25, 0.3) is 16.9 Å². The molecule has 0 N–H and O–H groups in total. The minimum atomic E-state index is -0.155. The number of pyridine rings is 2. The van der Waals surface area contributed by atoms with Gasteiger partial charge in [0.1, 0.15) is 5.15 Å². The first-order chi connectivity index (χ1) is 9.08. The van der Waals surface area contributed by atoms with Gasteiger partial charge < -0.3 is 0 Å². The van der Waals surface area contributed by atoms with Crippen LogP contribution in [0.2, 0.25) is 5.15 Å². The molecule has 0 atom stereocenters. The quantitative estimate of drug-likeness (QED) is 0.639. The number of hydrogen-bond acceptors (Lipinski definition) is 3. The number of imidazole rings is 1. The van der Waals surface area contributed by atoms with Crippen molar-refractivity contribution in [2.45, 2.75) is 6.92 Å². The van der Waals surface area contributed by atoms with Crippen LogP contribution >= 0.6 is 11.6 Å². The normalized spacial score (nSPS) is 11.1. The predicted octanol–water partition coefficient (Wildman–Crippen LogP) is 2.08. The highest BCUT2D eigenvalue weighted by molar-refractivity contribution is 6.29. The molecule has 96 valence electrons. The number of nitrogens with zero attached hydrogens (tertiary/aromatic N) is 4. The first-order valence-electron chi connectivity index (χ1n) is 5.75. The number of rotatable bonds is 1. The van der Waals surface area contributed by atoms with E-state index in [9.17, 15) is 4.79 Å². The lowest BCUT2D eigenvalue weighted by Gasteiger charge is -2.02. The molecule has 3 aromatic heterocycles. The summed E-state index contributed by atoms with van der Waals surface area (Å²) in [6.45, 7) is 1.89. The first-order valence-corrected chi connectivity index (χ1v) is 6.13. The van der Waals surface area contributed by atoms with Crippen LogP contribution < -0.4 is 5.69 Å². The topological polar surface area (TPSA) is 52.7 Å². The maximum atomic E-state index is 12.3. The van der Waals surface area contributed by atoms with Crippen molar-refractivity contribution in [3.05, 3.63) is 51.8 Å². The van der Waals surface area contributed by atoms with Gasteiger partial charge in [0.05, 0.1) is 17.4 Å². The van der Waals surface area contributed by atoms with Gasteiger partial charge in [-0.05, 0) is 31.2 Å². The second-order valence-corrected chi connectivity index (χ2v) is 4.70. The van der Waals surface area contributed by atoms with Gasteiger partial charge in [0.25, 0.3) is 0 Å². The fourth-order valence-electron chi connectivity index (χ4n) is 2.04. The smallest absolute Gasteiger partial charge is 0.293 e. The van der Waals surface area contributed by atoms with Crippen molar-refractivity contribution >= 4 is 22.8 Å². The summed E-state index contributed by atoms with van der Waals surface area (Å²) in [6.07, 6.45) is 1.56. The lowest BCUT2D eigenvalue weighted by molar-refractivity contribution is 0.842. The molecule has 0 radical (unpaired) electrons. The maximum Gasteiger partial charge on any atom is 0.334 e. The molecule has 5 nitrogen and oxygen atoms in total. The van der Waals surface area contributed by atoms with Gasteiger partial charge in [-0.15, -0.1) is 0 Å². The molecule has 0 fully saturated rings. The van der Waals surface area contributed by atoms with E-state index >= 15 is 0 Å². The Hall–Kier alpha value is -2.14. The maximum absolute atomic E-state index is 12.3. The van der Waals surface area contributed by atoms with E-state index in [0.29, 0.717) is 16.5 Å². The minimum Gasteiger partial charge on any atom is -0.293 e. The Morgan fingerprint density at radius 1 is 1.21 bits per heavy atom. The number of aryl methyl sites for hydroxylation is 2. The molecular formula is C13H11ClN4O. The summed E-state index contributed by atoms with van der Waals surface area (Å²) in [4.78, 5) is 20.8. The largest absolute Gasteiger partial charge is 0.334 e. The highest BCUT2D eigenvalue weighted by Gasteiger charge is 2.13. The molecule has 3 rings (SSSR count). The third-order valence-electron chi connectivity index (χ3n) is 3.02. The third-order valence-corrected chi connectivity index (χ3v) is 3.24. The molecule has 0 bridgehead atoms. The summed E-state index contributed by atoms with van der Waals surface area (Å²) in [5.74, 6) is 0. The first kappa shape index (κ1) is 11.9. The Kier molecular flexibility index (Phi) is 2.64. The summed E-state index contributed by atoms with van der Waals surface area (Å²) < 4.78 is 3.10. The molecule has 3 heterocycles. The highest BCUT2D eigenvalue weighted by Crippen LogP contribution is 2.16. The third kappa shape index (κ3) is 1.82. The molecular weight excluding hydrogens is 264 g/mol. The zero-order valence-electron chi connectivity index (χ0n) is 10.5. The monoisotopic (exact) mass is 274 g/mol. The van der Waals surface area contributed by atoms with Crippen LogP contribution in [-0.2, 0) is 7.05 Å². The molecule has 0 saturated heterocycles. The molecule has 19 heavy (non-hydrogen) atoms. The van der Waals surface area contributed by atoms with Gasteiger partial charge >= 0.3 is 5.69 Å². The second kappa shape index (κ2) is 4.20. The van der Waals surface area contributed by atoms with Crippen LogP contribution in [0.15, 0.2) is 35.3 Å². The van der Waals surface area contributed by atoms with Crippen LogP contribution in [0, 0.1) is 6.92 Å². The molecule has 3 aromatic rings. The second-order valence-electron chi connectivity index (χ2n) is 4.31. The van der Waals surface area contributed by atoms with Crippen LogP contribution in [0.4, 0.5) is 0 Å². The summed E-state index contributed by atoms with van der Waals surface area (Å²) in [5.41, 5.74) is 2.76. The van der Waals surface area contributed by atoms with Crippen LogP contribution in [-0.4, -0.2) is 19.1 Å². The van der Waals surface area contributed by atoms with Crippen LogP contribution in [0.5, 0.6) is 0 Å². The average Bonchev–Trinajstić information content (AvgIpc) is 2.63. The van der Waals surface area contributed by atoms with E-state index in [1.807, 2.05) is 19.1 Å². The molecule has 0 aromatic carbocycles. The molecule has 0 amide bonds. The number of hydrogen-bond donors (Lipinski definition) is 0. The molecule has 6 heteroatoms. The van der Waals surface area contributed by atoms with Crippen molar-refractivity contribution in [1.29, 1.82) is 0 Å². The van der Waals surface area contributed by atoms with Gasteiger partial charge in [-0.25, -0.2) is 19.3 Å². The molecule has 0 aliphatic carbocycles. The molecule has 0 aliphatic rings. The van der Waals surface area contributed by atoms with E-state index in [1.165, 1.54) is 4.57 Å². The Bertz CT molecular complexity index is 817. The van der Waals surface area contributed by atoms with E-state index in [-0.39, 0.29) is 5.69 Å². The summed E-state index contributed by atoms with van der Waals surface area (Å²) in [6, 6.07) is 7.17. The lowest BCUT2D eigenvalue weighted by atomic mass is 10.3. The van der Waals surface area contributed by atoms with E-state index in [4.69, 9.17) is 11.6 Å². The van der Waals surface area contributed by atoms with E-state index in [0.717, 1.165) is 11.2 Å². The van der Waals surface area contributed by atoms with Crippen molar-refractivity contribution in [2.24, 2.45) is 7.05 Å². The number of halogens is 1. The molecule has 0 spiro atoms. The van der Waals surface area contributed by atoms with Gasteiger partial charge in [-0.3, -0.25) is 4.57 Å². The zero-order chi connectivity index (χ0) is 13.6. The van der Waals surface area contributed by atoms with Gasteiger partial charge in [0.15, 0.2) is 5.65 Å². The van der Waals surface area contributed by atoms with Gasteiger partial charge in [0, 0.05) is 12.7 Å². The Morgan fingerprint density at radius 3 is 2.68 bits per heavy atom. The molecule has 0 aliphatic heterocycles.